The van der Waals surface area contributed by atoms with Crippen LogP contribution in [-0.2, 0) is 0 Å². The number of para-hydroxylation sites is 2. The van der Waals surface area contributed by atoms with Crippen LogP contribution in [0, 0.1) is 0 Å². The number of hydrogen-bond donors (Lipinski definition) is 0. The molecule has 0 amide bonds. The van der Waals surface area contributed by atoms with Crippen LogP contribution in [0.2, 0.25) is 0 Å². The van der Waals surface area contributed by atoms with Crippen LogP contribution in [0.15, 0.2) is 69.9 Å². The normalized spacial score (nSPS) is 10.4. The van der Waals surface area contributed by atoms with Crippen molar-refractivity contribution >= 4 is 16.9 Å². The Balaban J connectivity index is 1.98. The van der Waals surface area contributed by atoms with Crippen molar-refractivity contribution in [3.63, 3.8) is 0 Å². The molecule has 3 rings (SSSR count). The Morgan fingerprint density at radius 2 is 1.65 bits per heavy atom. The lowest BCUT2D eigenvalue weighted by Gasteiger charge is -2.04. The third-order valence-electron chi connectivity index (χ3n) is 2.79. The maximum atomic E-state index is 12.0. The third-order valence-corrected chi connectivity index (χ3v) is 2.79. The van der Waals surface area contributed by atoms with Gasteiger partial charge in [-0.2, -0.15) is 0 Å². The molecule has 0 aliphatic rings. The van der Waals surface area contributed by atoms with E-state index in [2.05, 4.69) is 0 Å². The molecule has 0 radical (unpaired) electrons. The summed E-state index contributed by atoms with van der Waals surface area (Å²) in [5.74, 6) is -0.412. The minimum absolute atomic E-state index is 0.113. The number of esters is 1. The van der Waals surface area contributed by atoms with E-state index in [1.54, 1.807) is 48.5 Å². The van der Waals surface area contributed by atoms with Crippen LogP contribution in [0.5, 0.6) is 5.75 Å². The van der Waals surface area contributed by atoms with E-state index < -0.39 is 5.97 Å². The second kappa shape index (κ2) is 5.01. The molecule has 2 aromatic carbocycles. The van der Waals surface area contributed by atoms with Gasteiger partial charge in [-0.1, -0.05) is 30.3 Å². The molecule has 0 bridgehead atoms. The van der Waals surface area contributed by atoms with Gasteiger partial charge < -0.3 is 9.15 Å². The summed E-state index contributed by atoms with van der Waals surface area (Å²) in [6.07, 6.45) is 0. The zero-order valence-corrected chi connectivity index (χ0v) is 10.4. The fraction of sp³-hybridized carbons (Fsp3) is 0. The SMILES string of the molecule is O=C(Oc1ccccc1)c1cc(=O)c2ccccc2o1. The molecule has 0 atom stereocenters. The molecule has 0 unspecified atom stereocenters. The smallest absolute Gasteiger partial charge is 0.379 e. The monoisotopic (exact) mass is 266 g/mol. The summed E-state index contributed by atoms with van der Waals surface area (Å²) in [5, 5.41) is 0.434. The first-order chi connectivity index (χ1) is 9.74. The van der Waals surface area contributed by atoms with Gasteiger partial charge in [-0.25, -0.2) is 4.79 Å². The summed E-state index contributed by atoms with van der Waals surface area (Å²) < 4.78 is 10.5. The first kappa shape index (κ1) is 12.2. The Morgan fingerprint density at radius 1 is 0.950 bits per heavy atom. The second-order valence-electron chi connectivity index (χ2n) is 4.17. The average Bonchev–Trinajstić information content (AvgIpc) is 2.48. The van der Waals surface area contributed by atoms with Crippen LogP contribution in [0.1, 0.15) is 10.6 Å². The molecule has 0 saturated carbocycles. The number of benzene rings is 2. The maximum absolute atomic E-state index is 12.0. The maximum Gasteiger partial charge on any atom is 0.379 e. The Bertz CT molecular complexity index is 819. The van der Waals surface area contributed by atoms with Crippen molar-refractivity contribution in [2.24, 2.45) is 0 Å². The largest absolute Gasteiger partial charge is 0.449 e. The zero-order chi connectivity index (χ0) is 13.9. The van der Waals surface area contributed by atoms with Crippen LogP contribution in [0.4, 0.5) is 0 Å². The van der Waals surface area contributed by atoms with E-state index in [1.165, 1.54) is 0 Å². The van der Waals surface area contributed by atoms with Gasteiger partial charge in [-0.05, 0) is 24.3 Å². The number of rotatable bonds is 2. The Kier molecular flexibility index (Phi) is 3.05. The van der Waals surface area contributed by atoms with Crippen molar-refractivity contribution in [3.8, 4) is 5.75 Å². The molecule has 0 spiro atoms. The fourth-order valence-electron chi connectivity index (χ4n) is 1.85. The van der Waals surface area contributed by atoms with Crippen molar-refractivity contribution < 1.29 is 13.9 Å². The van der Waals surface area contributed by atoms with Gasteiger partial charge in [0.2, 0.25) is 5.76 Å². The predicted molar refractivity (Wildman–Crippen MR) is 73.9 cm³/mol. The molecule has 3 aromatic rings. The lowest BCUT2D eigenvalue weighted by atomic mass is 10.2. The van der Waals surface area contributed by atoms with Gasteiger partial charge in [0.25, 0.3) is 0 Å². The molecule has 0 aliphatic carbocycles. The van der Waals surface area contributed by atoms with Crippen LogP contribution >= 0.6 is 0 Å². The summed E-state index contributed by atoms with van der Waals surface area (Å²) in [6, 6.07) is 16.5. The molecule has 1 heterocycles. The summed E-state index contributed by atoms with van der Waals surface area (Å²) >= 11 is 0. The molecule has 0 aliphatic heterocycles. The van der Waals surface area contributed by atoms with Crippen molar-refractivity contribution in [3.05, 3.63) is 76.6 Å². The first-order valence-electron chi connectivity index (χ1n) is 6.04. The number of carbonyl (C=O) groups is 1. The number of ether oxygens (including phenoxy) is 1. The highest BCUT2D eigenvalue weighted by molar-refractivity contribution is 5.90. The van der Waals surface area contributed by atoms with Crippen molar-refractivity contribution in [2.75, 3.05) is 0 Å². The molecule has 20 heavy (non-hydrogen) atoms. The lowest BCUT2D eigenvalue weighted by Crippen LogP contribution is -2.12. The first-order valence-corrected chi connectivity index (χ1v) is 6.04. The molecule has 1 aromatic heterocycles. The van der Waals surface area contributed by atoms with Gasteiger partial charge in [0.05, 0.1) is 5.39 Å². The van der Waals surface area contributed by atoms with E-state index in [9.17, 15) is 9.59 Å². The van der Waals surface area contributed by atoms with Crippen LogP contribution in [0.25, 0.3) is 11.0 Å². The number of hydrogen-bond acceptors (Lipinski definition) is 4. The molecular formula is C16H10O4. The van der Waals surface area contributed by atoms with Gasteiger partial charge >= 0.3 is 5.97 Å². The molecule has 0 fully saturated rings. The summed E-state index contributed by atoms with van der Waals surface area (Å²) in [6.45, 7) is 0. The minimum atomic E-state index is -0.695. The molecule has 4 nitrogen and oxygen atoms in total. The van der Waals surface area contributed by atoms with Crippen molar-refractivity contribution in [2.45, 2.75) is 0 Å². The highest BCUT2D eigenvalue weighted by atomic mass is 16.5. The van der Waals surface area contributed by atoms with E-state index in [0.29, 0.717) is 16.7 Å². The molecule has 98 valence electrons. The van der Waals surface area contributed by atoms with Gasteiger partial charge in [0.15, 0.2) is 5.43 Å². The zero-order valence-electron chi connectivity index (χ0n) is 10.4. The summed E-state index contributed by atoms with van der Waals surface area (Å²) in [7, 11) is 0. The van der Waals surface area contributed by atoms with Gasteiger partial charge in [-0.3, -0.25) is 4.79 Å². The van der Waals surface area contributed by atoms with Crippen molar-refractivity contribution in [1.29, 1.82) is 0 Å². The Labute approximate surface area is 114 Å². The van der Waals surface area contributed by atoms with Gasteiger partial charge in [0, 0.05) is 6.07 Å². The van der Waals surface area contributed by atoms with Crippen LogP contribution in [-0.4, -0.2) is 5.97 Å². The van der Waals surface area contributed by atoms with Gasteiger partial charge in [-0.15, -0.1) is 0 Å². The van der Waals surface area contributed by atoms with E-state index in [4.69, 9.17) is 9.15 Å². The average molecular weight is 266 g/mol. The number of fused-ring (bicyclic) bond motifs is 1. The van der Waals surface area contributed by atoms with Gasteiger partial charge in [0.1, 0.15) is 11.3 Å². The quantitative estimate of drug-likeness (QED) is 0.528. The third kappa shape index (κ3) is 2.31. The predicted octanol–water partition coefficient (Wildman–Crippen LogP) is 3.01. The standard InChI is InChI=1S/C16H10O4/c17-13-10-15(20-14-9-5-4-8-12(13)14)16(18)19-11-6-2-1-3-7-11/h1-10H. The molecular weight excluding hydrogens is 256 g/mol. The lowest BCUT2D eigenvalue weighted by molar-refractivity contribution is 0.0702. The molecule has 0 N–H and O–H groups in total. The molecule has 4 heteroatoms. The highest BCUT2D eigenvalue weighted by Crippen LogP contribution is 2.15. The Morgan fingerprint density at radius 3 is 2.45 bits per heavy atom. The van der Waals surface area contributed by atoms with Crippen molar-refractivity contribution in [1.82, 2.24) is 0 Å². The summed E-state index contributed by atoms with van der Waals surface area (Å²) in [4.78, 5) is 23.8. The molecule has 0 saturated heterocycles. The van der Waals surface area contributed by atoms with E-state index in [-0.39, 0.29) is 11.2 Å². The number of carbonyl (C=O) groups excluding carboxylic acids is 1. The summed E-state index contributed by atoms with van der Waals surface area (Å²) in [5.41, 5.74) is 0.0897. The highest BCUT2D eigenvalue weighted by Gasteiger charge is 2.14. The fourth-order valence-corrected chi connectivity index (χ4v) is 1.85. The van der Waals surface area contributed by atoms with Crippen LogP contribution in [0.3, 0.4) is 0 Å². The topological polar surface area (TPSA) is 56.5 Å². The van der Waals surface area contributed by atoms with E-state index >= 15 is 0 Å². The second-order valence-corrected chi connectivity index (χ2v) is 4.17. The van der Waals surface area contributed by atoms with E-state index in [1.807, 2.05) is 6.07 Å². The Hall–Kier alpha value is -2.88. The minimum Gasteiger partial charge on any atom is -0.449 e. The van der Waals surface area contributed by atoms with E-state index in [0.717, 1.165) is 6.07 Å². The van der Waals surface area contributed by atoms with Crippen LogP contribution < -0.4 is 10.2 Å².